The van der Waals surface area contributed by atoms with Crippen LogP contribution >= 0.6 is 11.3 Å². The van der Waals surface area contributed by atoms with E-state index in [-0.39, 0.29) is 5.54 Å². The first-order valence-electron chi connectivity index (χ1n) is 7.52. The normalized spacial score (nSPS) is 21.7. The van der Waals surface area contributed by atoms with Gasteiger partial charge in [-0.05, 0) is 50.3 Å². The Balaban J connectivity index is 2.12. The standard InChI is InChI=1S/C17H22N2S/c1-3-11-18-17(16-19-13(2)12-20-16)10-6-8-14-7-4-5-9-15(14)17/h4-5,7,9,12,18H,3,6,8,10-11H2,1-2H3. The Labute approximate surface area is 125 Å². The zero-order valence-corrected chi connectivity index (χ0v) is 13.1. The number of rotatable bonds is 4. The van der Waals surface area contributed by atoms with E-state index < -0.39 is 0 Å². The second kappa shape index (κ2) is 5.66. The van der Waals surface area contributed by atoms with Crippen LogP contribution in [0, 0.1) is 6.92 Å². The van der Waals surface area contributed by atoms with E-state index in [0.717, 1.165) is 25.1 Å². The quantitative estimate of drug-likeness (QED) is 0.918. The summed E-state index contributed by atoms with van der Waals surface area (Å²) in [7, 11) is 0. The van der Waals surface area contributed by atoms with E-state index in [0.29, 0.717) is 0 Å². The predicted octanol–water partition coefficient (Wildman–Crippen LogP) is 4.03. The number of nitrogens with one attached hydrogen (secondary N) is 1. The van der Waals surface area contributed by atoms with Gasteiger partial charge >= 0.3 is 0 Å². The van der Waals surface area contributed by atoms with E-state index in [1.165, 1.54) is 29.0 Å². The van der Waals surface area contributed by atoms with Crippen LogP contribution in [0.1, 0.15) is 48.0 Å². The molecular formula is C17H22N2S. The highest BCUT2D eigenvalue weighted by molar-refractivity contribution is 7.09. The summed E-state index contributed by atoms with van der Waals surface area (Å²) in [4.78, 5) is 4.81. The molecule has 3 rings (SSSR count). The summed E-state index contributed by atoms with van der Waals surface area (Å²) in [5, 5.41) is 7.22. The van der Waals surface area contributed by atoms with Crippen molar-refractivity contribution >= 4 is 11.3 Å². The third-order valence-corrected chi connectivity index (χ3v) is 5.26. The fourth-order valence-electron chi connectivity index (χ4n) is 3.20. The summed E-state index contributed by atoms with van der Waals surface area (Å²) in [6.07, 6.45) is 4.72. The SMILES string of the molecule is CCCNC1(c2nc(C)cs2)CCCc2ccccc21. The van der Waals surface area contributed by atoms with E-state index in [2.05, 4.69) is 48.8 Å². The van der Waals surface area contributed by atoms with E-state index in [1.54, 1.807) is 11.3 Å². The Bertz CT molecular complexity index is 590. The average molecular weight is 286 g/mol. The maximum atomic E-state index is 4.81. The van der Waals surface area contributed by atoms with Gasteiger partial charge in [0.25, 0.3) is 0 Å². The molecule has 106 valence electrons. The van der Waals surface area contributed by atoms with Gasteiger partial charge in [-0.25, -0.2) is 4.98 Å². The molecule has 0 amide bonds. The summed E-state index contributed by atoms with van der Waals surface area (Å²) in [6.45, 7) is 5.34. The summed E-state index contributed by atoms with van der Waals surface area (Å²) >= 11 is 1.80. The Hall–Kier alpha value is -1.19. The van der Waals surface area contributed by atoms with Crippen molar-refractivity contribution in [3.63, 3.8) is 0 Å². The fraction of sp³-hybridized carbons (Fsp3) is 0.471. The van der Waals surface area contributed by atoms with Crippen molar-refractivity contribution < 1.29 is 0 Å². The first-order chi connectivity index (χ1) is 9.76. The van der Waals surface area contributed by atoms with Gasteiger partial charge in [-0.2, -0.15) is 0 Å². The molecule has 2 aromatic rings. The van der Waals surface area contributed by atoms with Gasteiger partial charge in [0.05, 0.1) is 5.54 Å². The highest BCUT2D eigenvalue weighted by atomic mass is 32.1. The zero-order valence-electron chi connectivity index (χ0n) is 12.3. The molecule has 2 nitrogen and oxygen atoms in total. The molecule has 0 radical (unpaired) electrons. The lowest BCUT2D eigenvalue weighted by molar-refractivity contribution is 0.342. The van der Waals surface area contributed by atoms with Crippen LogP contribution in [0.3, 0.4) is 0 Å². The van der Waals surface area contributed by atoms with Crippen LogP contribution in [-0.2, 0) is 12.0 Å². The largest absolute Gasteiger partial charge is 0.302 e. The molecule has 0 fully saturated rings. The second-order valence-corrected chi connectivity index (χ2v) is 6.49. The Morgan fingerprint density at radius 1 is 1.35 bits per heavy atom. The minimum absolute atomic E-state index is 0.0657. The Morgan fingerprint density at radius 2 is 2.20 bits per heavy atom. The fourth-order valence-corrected chi connectivity index (χ4v) is 4.22. The lowest BCUT2D eigenvalue weighted by Crippen LogP contribution is -2.46. The highest BCUT2D eigenvalue weighted by Gasteiger charge is 2.39. The third-order valence-electron chi connectivity index (χ3n) is 4.14. The minimum atomic E-state index is -0.0657. The Kier molecular flexibility index (Phi) is 3.90. The van der Waals surface area contributed by atoms with Crippen molar-refractivity contribution in [2.75, 3.05) is 6.54 Å². The summed E-state index contributed by atoms with van der Waals surface area (Å²) in [5.41, 5.74) is 3.99. The summed E-state index contributed by atoms with van der Waals surface area (Å²) in [5.74, 6) is 0. The van der Waals surface area contributed by atoms with Crippen molar-refractivity contribution in [2.24, 2.45) is 0 Å². The van der Waals surface area contributed by atoms with Crippen LogP contribution in [0.2, 0.25) is 0 Å². The van der Waals surface area contributed by atoms with E-state index in [1.807, 2.05) is 0 Å². The number of hydrogen-bond donors (Lipinski definition) is 1. The molecule has 1 aromatic carbocycles. The van der Waals surface area contributed by atoms with Crippen molar-refractivity contribution in [1.82, 2.24) is 10.3 Å². The van der Waals surface area contributed by atoms with Crippen LogP contribution in [0.4, 0.5) is 0 Å². The molecule has 0 bridgehead atoms. The number of benzene rings is 1. The molecule has 1 heterocycles. The molecule has 1 aliphatic rings. The van der Waals surface area contributed by atoms with E-state index in [9.17, 15) is 0 Å². The van der Waals surface area contributed by atoms with Crippen LogP contribution in [0.15, 0.2) is 29.6 Å². The molecule has 0 saturated carbocycles. The first-order valence-corrected chi connectivity index (χ1v) is 8.40. The zero-order chi connectivity index (χ0) is 14.0. The molecule has 1 aliphatic carbocycles. The van der Waals surface area contributed by atoms with Gasteiger partial charge in [-0.15, -0.1) is 11.3 Å². The number of aryl methyl sites for hydroxylation is 2. The van der Waals surface area contributed by atoms with Crippen LogP contribution in [0.25, 0.3) is 0 Å². The van der Waals surface area contributed by atoms with Gasteiger partial charge in [-0.3, -0.25) is 0 Å². The molecule has 20 heavy (non-hydrogen) atoms. The van der Waals surface area contributed by atoms with E-state index >= 15 is 0 Å². The monoisotopic (exact) mass is 286 g/mol. The van der Waals surface area contributed by atoms with Crippen molar-refractivity contribution in [3.8, 4) is 0 Å². The van der Waals surface area contributed by atoms with Crippen LogP contribution < -0.4 is 5.32 Å². The number of aromatic nitrogens is 1. The maximum absolute atomic E-state index is 4.81. The molecule has 0 spiro atoms. The molecule has 1 unspecified atom stereocenters. The van der Waals surface area contributed by atoms with Crippen LogP contribution in [0.5, 0.6) is 0 Å². The predicted molar refractivity (Wildman–Crippen MR) is 85.3 cm³/mol. The minimum Gasteiger partial charge on any atom is -0.302 e. The van der Waals surface area contributed by atoms with Gasteiger partial charge in [0.1, 0.15) is 5.01 Å². The number of hydrogen-bond acceptors (Lipinski definition) is 3. The number of nitrogens with zero attached hydrogens (tertiary/aromatic N) is 1. The van der Waals surface area contributed by atoms with E-state index in [4.69, 9.17) is 4.98 Å². The molecule has 1 atom stereocenters. The Morgan fingerprint density at radius 3 is 2.95 bits per heavy atom. The number of fused-ring (bicyclic) bond motifs is 1. The molecule has 3 heteroatoms. The van der Waals surface area contributed by atoms with Crippen molar-refractivity contribution in [1.29, 1.82) is 0 Å². The summed E-state index contributed by atoms with van der Waals surface area (Å²) in [6, 6.07) is 8.88. The first kappa shape index (κ1) is 13.8. The summed E-state index contributed by atoms with van der Waals surface area (Å²) < 4.78 is 0. The molecular weight excluding hydrogens is 264 g/mol. The lowest BCUT2D eigenvalue weighted by Gasteiger charge is -2.38. The smallest absolute Gasteiger partial charge is 0.118 e. The average Bonchev–Trinajstić information content (AvgIpc) is 2.92. The highest BCUT2D eigenvalue weighted by Crippen LogP contribution is 2.41. The number of thiazole rings is 1. The third kappa shape index (κ3) is 2.29. The lowest BCUT2D eigenvalue weighted by atomic mass is 9.76. The van der Waals surface area contributed by atoms with Gasteiger partial charge in [0.2, 0.25) is 0 Å². The molecule has 1 N–H and O–H groups in total. The maximum Gasteiger partial charge on any atom is 0.118 e. The van der Waals surface area contributed by atoms with Gasteiger partial charge < -0.3 is 5.32 Å². The van der Waals surface area contributed by atoms with Gasteiger partial charge in [0.15, 0.2) is 0 Å². The molecule has 1 aromatic heterocycles. The second-order valence-electron chi connectivity index (χ2n) is 5.64. The van der Waals surface area contributed by atoms with Gasteiger partial charge in [-0.1, -0.05) is 31.2 Å². The molecule has 0 aliphatic heterocycles. The van der Waals surface area contributed by atoms with Crippen LogP contribution in [-0.4, -0.2) is 11.5 Å². The van der Waals surface area contributed by atoms with Crippen molar-refractivity contribution in [2.45, 2.75) is 45.1 Å². The van der Waals surface area contributed by atoms with Gasteiger partial charge in [0, 0.05) is 11.1 Å². The van der Waals surface area contributed by atoms with Crippen molar-refractivity contribution in [3.05, 3.63) is 51.5 Å². The molecule has 0 saturated heterocycles. The topological polar surface area (TPSA) is 24.9 Å².